The maximum absolute atomic E-state index is 9.56. The molecule has 19 heavy (non-hydrogen) atoms. The highest BCUT2D eigenvalue weighted by Crippen LogP contribution is 2.21. The van der Waals surface area contributed by atoms with Gasteiger partial charge < -0.3 is 16.2 Å². The van der Waals surface area contributed by atoms with Gasteiger partial charge in [-0.1, -0.05) is 13.0 Å². The molecule has 0 aromatic carbocycles. The minimum atomic E-state index is -4.17. The monoisotopic (exact) mass is 298 g/mol. The van der Waals surface area contributed by atoms with Gasteiger partial charge in [-0.2, -0.15) is 8.42 Å². The van der Waals surface area contributed by atoms with Crippen LogP contribution < -0.4 is 11.5 Å². The molecule has 7 nitrogen and oxygen atoms in total. The summed E-state index contributed by atoms with van der Waals surface area (Å²) in [6.07, 6.45) is 3.96. The highest BCUT2D eigenvalue weighted by atomic mass is 32.3. The lowest BCUT2D eigenvalue weighted by Crippen LogP contribution is -2.49. The van der Waals surface area contributed by atoms with E-state index in [2.05, 4.69) is 23.0 Å². The molecule has 0 bridgehead atoms. The highest BCUT2D eigenvalue weighted by molar-refractivity contribution is 7.80. The number of hydrogen-bond donors (Lipinski definition) is 3. The molecule has 1 heterocycles. The van der Waals surface area contributed by atoms with Crippen molar-refractivity contribution in [1.29, 1.82) is 0 Å². The predicted molar refractivity (Wildman–Crippen MR) is 74.9 cm³/mol. The molecule has 0 aromatic heterocycles. The predicted octanol–water partition coefficient (Wildman–Crippen LogP) is 1.32. The van der Waals surface area contributed by atoms with Gasteiger partial charge in [-0.25, -0.2) is 4.18 Å². The fourth-order valence-corrected chi connectivity index (χ4v) is 1.92. The molecule has 1 fully saturated rings. The first-order valence-corrected chi connectivity index (χ1v) is 7.33. The van der Waals surface area contributed by atoms with Gasteiger partial charge >= 0.3 is 10.4 Å². The number of hydrogen-bond acceptors (Lipinski definition) is 6. The fraction of sp³-hybridized carbons (Fsp3) is 0.818. The molecule has 0 radical (unpaired) electrons. The Hall–Kier alpha value is -0.510. The Bertz CT molecular complexity index is 326. The van der Waals surface area contributed by atoms with Crippen LogP contribution in [0, 0.1) is 0 Å². The van der Waals surface area contributed by atoms with Gasteiger partial charge in [0.05, 0.1) is 18.8 Å². The third-order valence-corrected chi connectivity index (χ3v) is 3.10. The molecule has 1 aliphatic heterocycles. The number of morpholine rings is 1. The van der Waals surface area contributed by atoms with Gasteiger partial charge in [-0.15, -0.1) is 6.58 Å². The van der Waals surface area contributed by atoms with Crippen LogP contribution in [0.1, 0.15) is 26.7 Å². The van der Waals surface area contributed by atoms with E-state index in [0.717, 1.165) is 32.5 Å². The summed E-state index contributed by atoms with van der Waals surface area (Å²) in [5.74, 6) is 0. The minimum Gasteiger partial charge on any atom is -0.372 e. The Morgan fingerprint density at radius 1 is 1.53 bits per heavy atom. The van der Waals surface area contributed by atoms with E-state index in [1.54, 1.807) is 0 Å². The number of nitrogens with one attached hydrogen (secondary N) is 1. The maximum Gasteiger partial charge on any atom is 0.397 e. The molecule has 0 amide bonds. The van der Waals surface area contributed by atoms with E-state index in [4.69, 9.17) is 9.29 Å². The number of ether oxygens (including phenoxy) is 1. The first-order valence-electron chi connectivity index (χ1n) is 5.96. The van der Waals surface area contributed by atoms with Crippen molar-refractivity contribution in [2.24, 2.45) is 0 Å². The standard InChI is InChI=1S/C9H17NO.C2H6O4S.H3N/c1-3-5-9(4-2)8-10-6-7-11-9;1-2-6-7(3,4)5;/h3,10H,1,4-8H2,2H3;2H2,1H3,(H,3,4,5);1H3. The molecule has 0 saturated carbocycles. The van der Waals surface area contributed by atoms with Crippen molar-refractivity contribution in [3.05, 3.63) is 12.7 Å². The molecule has 1 unspecified atom stereocenters. The summed E-state index contributed by atoms with van der Waals surface area (Å²) in [7, 11) is -4.17. The second kappa shape index (κ2) is 10.3. The largest absolute Gasteiger partial charge is 0.397 e. The zero-order valence-electron chi connectivity index (χ0n) is 11.7. The van der Waals surface area contributed by atoms with E-state index in [9.17, 15) is 8.42 Å². The van der Waals surface area contributed by atoms with Crippen LogP contribution in [0.4, 0.5) is 0 Å². The smallest absolute Gasteiger partial charge is 0.372 e. The molecule has 8 heteroatoms. The average Bonchev–Trinajstić information content (AvgIpc) is 2.30. The lowest BCUT2D eigenvalue weighted by Gasteiger charge is -2.36. The van der Waals surface area contributed by atoms with Crippen molar-refractivity contribution in [3.63, 3.8) is 0 Å². The topological polar surface area (TPSA) is 120 Å². The Kier molecular flexibility index (Phi) is 11.3. The summed E-state index contributed by atoms with van der Waals surface area (Å²) in [5, 5.41) is 3.34. The quantitative estimate of drug-likeness (QED) is 0.517. The molecule has 1 atom stereocenters. The Labute approximate surface area is 115 Å². The van der Waals surface area contributed by atoms with Crippen LogP contribution >= 0.6 is 0 Å². The van der Waals surface area contributed by atoms with E-state index >= 15 is 0 Å². The Balaban J connectivity index is 0. The van der Waals surface area contributed by atoms with Crippen LogP contribution in [0.15, 0.2) is 12.7 Å². The Morgan fingerprint density at radius 2 is 2.16 bits per heavy atom. The van der Waals surface area contributed by atoms with Crippen LogP contribution in [-0.4, -0.2) is 44.9 Å². The first-order chi connectivity index (χ1) is 8.39. The van der Waals surface area contributed by atoms with E-state index in [1.807, 2.05) is 6.08 Å². The van der Waals surface area contributed by atoms with E-state index in [1.165, 1.54) is 6.92 Å². The normalized spacial score (nSPS) is 22.7. The van der Waals surface area contributed by atoms with Crippen molar-refractivity contribution in [2.45, 2.75) is 32.3 Å². The summed E-state index contributed by atoms with van der Waals surface area (Å²) < 4.78 is 36.4. The van der Waals surface area contributed by atoms with Crippen LogP contribution in [0.5, 0.6) is 0 Å². The third-order valence-electron chi connectivity index (χ3n) is 2.56. The van der Waals surface area contributed by atoms with Crippen LogP contribution in [0.25, 0.3) is 0 Å². The van der Waals surface area contributed by atoms with Gasteiger partial charge in [0.15, 0.2) is 0 Å². The van der Waals surface area contributed by atoms with Crippen LogP contribution in [0.3, 0.4) is 0 Å². The van der Waals surface area contributed by atoms with Gasteiger partial charge in [-0.3, -0.25) is 4.55 Å². The maximum atomic E-state index is 9.56. The third kappa shape index (κ3) is 10.00. The molecular weight excluding hydrogens is 272 g/mol. The van der Waals surface area contributed by atoms with Crippen LogP contribution in [-0.2, 0) is 19.3 Å². The Morgan fingerprint density at radius 3 is 2.42 bits per heavy atom. The minimum absolute atomic E-state index is 0. The summed E-state index contributed by atoms with van der Waals surface area (Å²) in [4.78, 5) is 0. The van der Waals surface area contributed by atoms with E-state index in [-0.39, 0.29) is 18.4 Å². The van der Waals surface area contributed by atoms with Gasteiger partial charge in [0, 0.05) is 13.1 Å². The van der Waals surface area contributed by atoms with Gasteiger partial charge in [0.1, 0.15) is 0 Å². The molecule has 0 aromatic rings. The fourth-order valence-electron chi connectivity index (χ4n) is 1.62. The zero-order chi connectivity index (χ0) is 14.1. The summed E-state index contributed by atoms with van der Waals surface area (Å²) >= 11 is 0. The summed E-state index contributed by atoms with van der Waals surface area (Å²) in [6.45, 7) is 10.1. The lowest BCUT2D eigenvalue weighted by molar-refractivity contribution is -0.0658. The molecule has 0 spiro atoms. The van der Waals surface area contributed by atoms with Gasteiger partial charge in [-0.05, 0) is 19.8 Å². The first kappa shape index (κ1) is 20.8. The summed E-state index contributed by atoms with van der Waals surface area (Å²) in [5.41, 5.74) is 0.0417. The van der Waals surface area contributed by atoms with Gasteiger partial charge in [0.2, 0.25) is 0 Å². The van der Waals surface area contributed by atoms with E-state index in [0.29, 0.717) is 0 Å². The second-order valence-corrected chi connectivity index (χ2v) is 4.98. The lowest BCUT2D eigenvalue weighted by atomic mass is 9.95. The highest BCUT2D eigenvalue weighted by Gasteiger charge is 2.29. The second-order valence-electron chi connectivity index (χ2n) is 3.89. The molecule has 1 saturated heterocycles. The van der Waals surface area contributed by atoms with Crippen molar-refractivity contribution < 1.29 is 21.9 Å². The zero-order valence-corrected chi connectivity index (χ0v) is 12.5. The molecule has 0 aliphatic carbocycles. The van der Waals surface area contributed by atoms with Crippen molar-refractivity contribution in [3.8, 4) is 0 Å². The molecule has 1 rings (SSSR count). The molecule has 116 valence electrons. The molecular formula is C11H26N2O5S. The van der Waals surface area contributed by atoms with Crippen molar-refractivity contribution in [1.82, 2.24) is 11.5 Å². The van der Waals surface area contributed by atoms with Gasteiger partial charge in [0.25, 0.3) is 0 Å². The average molecular weight is 298 g/mol. The summed E-state index contributed by atoms with van der Waals surface area (Å²) in [6, 6.07) is 0. The van der Waals surface area contributed by atoms with E-state index < -0.39 is 10.4 Å². The van der Waals surface area contributed by atoms with Crippen molar-refractivity contribution in [2.75, 3.05) is 26.3 Å². The number of rotatable bonds is 5. The molecule has 5 N–H and O–H groups in total. The SMILES string of the molecule is C=CCC1(CC)CNCCO1.CCOS(=O)(=O)O.N. The molecule has 1 aliphatic rings. The van der Waals surface area contributed by atoms with Crippen molar-refractivity contribution >= 4 is 10.4 Å². The van der Waals surface area contributed by atoms with Crippen LogP contribution in [0.2, 0.25) is 0 Å².